The molecule has 0 aromatic heterocycles. The summed E-state index contributed by atoms with van der Waals surface area (Å²) in [4.78, 5) is 0. The summed E-state index contributed by atoms with van der Waals surface area (Å²) >= 11 is 0. The molecule has 0 heterocycles. The highest BCUT2D eigenvalue weighted by molar-refractivity contribution is 5.90. The summed E-state index contributed by atoms with van der Waals surface area (Å²) in [5.74, 6) is 1.27. The molecular weight excluding hydrogens is 282 g/mol. The fraction of sp³-hybridized carbons (Fsp3) is 0.286. The van der Waals surface area contributed by atoms with Gasteiger partial charge in [0.2, 0.25) is 0 Å². The Balaban J connectivity index is 2.54. The van der Waals surface area contributed by atoms with Gasteiger partial charge >= 0.3 is 0 Å². The van der Waals surface area contributed by atoms with E-state index in [4.69, 9.17) is 4.74 Å². The zero-order chi connectivity index (χ0) is 17.0. The molecule has 2 aromatic carbocycles. The van der Waals surface area contributed by atoms with E-state index in [0.29, 0.717) is 11.5 Å². The molecule has 0 N–H and O–H groups in total. The third kappa shape index (κ3) is 3.81. The molecule has 0 aliphatic heterocycles. The molecule has 118 valence electrons. The van der Waals surface area contributed by atoms with E-state index in [2.05, 4.69) is 26.0 Å². The Hall–Kier alpha value is -2.53. The molecule has 2 nitrogen and oxygen atoms in total. The molecule has 0 saturated carbocycles. The summed E-state index contributed by atoms with van der Waals surface area (Å²) in [7, 11) is 1.70. The van der Waals surface area contributed by atoms with Crippen molar-refractivity contribution in [2.24, 2.45) is 0 Å². The Kier molecular flexibility index (Phi) is 5.24. The normalized spacial score (nSPS) is 11.4. The molecule has 0 radical (unpaired) electrons. The number of nitrogens with zero attached hydrogens (tertiary/aromatic N) is 1. The van der Waals surface area contributed by atoms with E-state index in [1.165, 1.54) is 5.56 Å². The maximum Gasteiger partial charge on any atom is 0.122 e. The number of benzene rings is 2. The third-order valence-corrected chi connectivity index (χ3v) is 4.02. The molecule has 0 aliphatic rings. The number of aryl methyl sites for hydroxylation is 2. The Morgan fingerprint density at radius 1 is 1.13 bits per heavy atom. The molecule has 0 unspecified atom stereocenters. The Labute approximate surface area is 139 Å². The fourth-order valence-corrected chi connectivity index (χ4v) is 2.57. The first-order valence-corrected chi connectivity index (χ1v) is 7.83. The van der Waals surface area contributed by atoms with Crippen LogP contribution in [0, 0.1) is 25.2 Å². The Bertz CT molecular complexity index is 762. The lowest BCUT2D eigenvalue weighted by Crippen LogP contribution is -1.97. The highest BCUT2D eigenvalue weighted by Gasteiger charge is 2.11. The topological polar surface area (TPSA) is 33.0 Å². The van der Waals surface area contributed by atoms with Crippen molar-refractivity contribution in [2.45, 2.75) is 33.6 Å². The summed E-state index contributed by atoms with van der Waals surface area (Å²) in [6.07, 6.45) is 1.96. The van der Waals surface area contributed by atoms with E-state index in [1.807, 2.05) is 50.3 Å². The van der Waals surface area contributed by atoms with Crippen molar-refractivity contribution in [3.05, 3.63) is 64.2 Å². The van der Waals surface area contributed by atoms with Gasteiger partial charge in [-0.15, -0.1) is 0 Å². The van der Waals surface area contributed by atoms with Crippen LogP contribution in [0.3, 0.4) is 0 Å². The van der Waals surface area contributed by atoms with Crippen LogP contribution in [0.15, 0.2) is 36.4 Å². The average Bonchev–Trinajstić information content (AvgIpc) is 2.54. The minimum atomic E-state index is 0.364. The first-order valence-electron chi connectivity index (χ1n) is 7.83. The van der Waals surface area contributed by atoms with Crippen molar-refractivity contribution >= 4 is 11.6 Å². The SMILES string of the molecule is COc1cc(C)c(/C=C(/C#N)c2ccc(C)cc2)cc1C(C)C. The summed E-state index contributed by atoms with van der Waals surface area (Å²) in [6.45, 7) is 8.38. The lowest BCUT2D eigenvalue weighted by Gasteiger charge is -2.15. The van der Waals surface area contributed by atoms with Crippen LogP contribution in [-0.2, 0) is 0 Å². The van der Waals surface area contributed by atoms with Gasteiger partial charge in [-0.2, -0.15) is 5.26 Å². The lowest BCUT2D eigenvalue weighted by atomic mass is 9.94. The van der Waals surface area contributed by atoms with Gasteiger partial charge in [0.1, 0.15) is 5.75 Å². The monoisotopic (exact) mass is 305 g/mol. The van der Waals surface area contributed by atoms with Gasteiger partial charge in [-0.1, -0.05) is 43.7 Å². The largest absolute Gasteiger partial charge is 0.496 e. The van der Waals surface area contributed by atoms with Crippen molar-refractivity contribution in [3.63, 3.8) is 0 Å². The highest BCUT2D eigenvalue weighted by Crippen LogP contribution is 2.31. The second kappa shape index (κ2) is 7.15. The van der Waals surface area contributed by atoms with Crippen molar-refractivity contribution in [1.82, 2.24) is 0 Å². The molecule has 0 atom stereocenters. The number of nitriles is 1. The van der Waals surface area contributed by atoms with Crippen molar-refractivity contribution < 1.29 is 4.74 Å². The van der Waals surface area contributed by atoms with Gasteiger partial charge in [0.05, 0.1) is 18.8 Å². The van der Waals surface area contributed by atoms with E-state index in [9.17, 15) is 5.26 Å². The van der Waals surface area contributed by atoms with Crippen LogP contribution in [0.2, 0.25) is 0 Å². The molecule has 23 heavy (non-hydrogen) atoms. The van der Waals surface area contributed by atoms with Crippen LogP contribution >= 0.6 is 0 Å². The van der Waals surface area contributed by atoms with E-state index >= 15 is 0 Å². The number of methoxy groups -OCH3 is 1. The van der Waals surface area contributed by atoms with Crippen LogP contribution in [0.1, 0.15) is 47.6 Å². The van der Waals surface area contributed by atoms with Gasteiger partial charge in [0.15, 0.2) is 0 Å². The maximum absolute atomic E-state index is 9.54. The highest BCUT2D eigenvalue weighted by atomic mass is 16.5. The van der Waals surface area contributed by atoms with E-state index in [-0.39, 0.29) is 0 Å². The average molecular weight is 305 g/mol. The van der Waals surface area contributed by atoms with Crippen molar-refractivity contribution in [1.29, 1.82) is 5.26 Å². The summed E-state index contributed by atoms with van der Waals surface area (Å²) in [6, 6.07) is 14.5. The van der Waals surface area contributed by atoms with Gasteiger partial charge in [0.25, 0.3) is 0 Å². The predicted molar refractivity (Wildman–Crippen MR) is 96.5 cm³/mol. The van der Waals surface area contributed by atoms with Crippen molar-refractivity contribution in [3.8, 4) is 11.8 Å². The summed E-state index contributed by atoms with van der Waals surface area (Å²) in [5, 5.41) is 9.54. The molecule has 2 aromatic rings. The first kappa shape index (κ1) is 16.8. The van der Waals surface area contributed by atoms with Crippen LogP contribution < -0.4 is 4.74 Å². The molecule has 0 amide bonds. The van der Waals surface area contributed by atoms with Crippen LogP contribution in [0.25, 0.3) is 11.6 Å². The minimum Gasteiger partial charge on any atom is -0.496 e. The quantitative estimate of drug-likeness (QED) is 0.552. The molecule has 0 bridgehead atoms. The number of ether oxygens (including phenoxy) is 1. The molecule has 0 aliphatic carbocycles. The van der Waals surface area contributed by atoms with E-state index < -0.39 is 0 Å². The van der Waals surface area contributed by atoms with Gasteiger partial charge in [-0.05, 0) is 60.2 Å². The Morgan fingerprint density at radius 3 is 2.30 bits per heavy atom. The minimum absolute atomic E-state index is 0.364. The van der Waals surface area contributed by atoms with Crippen LogP contribution in [0.5, 0.6) is 5.75 Å². The molecule has 0 fully saturated rings. The maximum atomic E-state index is 9.54. The third-order valence-electron chi connectivity index (χ3n) is 4.02. The second-order valence-corrected chi connectivity index (χ2v) is 6.14. The number of rotatable bonds is 4. The first-order chi connectivity index (χ1) is 11.0. The van der Waals surface area contributed by atoms with Gasteiger partial charge < -0.3 is 4.74 Å². The van der Waals surface area contributed by atoms with E-state index in [0.717, 1.165) is 28.0 Å². The fourth-order valence-electron chi connectivity index (χ4n) is 2.57. The zero-order valence-electron chi connectivity index (χ0n) is 14.5. The molecule has 2 heteroatoms. The van der Waals surface area contributed by atoms with Gasteiger partial charge in [-0.25, -0.2) is 0 Å². The lowest BCUT2D eigenvalue weighted by molar-refractivity contribution is 0.407. The Morgan fingerprint density at radius 2 is 1.78 bits per heavy atom. The summed E-state index contributed by atoms with van der Waals surface area (Å²) in [5.41, 5.74) is 6.13. The smallest absolute Gasteiger partial charge is 0.122 e. The van der Waals surface area contributed by atoms with Gasteiger partial charge in [-0.3, -0.25) is 0 Å². The molecule has 2 rings (SSSR count). The van der Waals surface area contributed by atoms with Gasteiger partial charge in [0, 0.05) is 0 Å². The number of hydrogen-bond acceptors (Lipinski definition) is 2. The zero-order valence-corrected chi connectivity index (χ0v) is 14.5. The molecular formula is C21H23NO. The van der Waals surface area contributed by atoms with Crippen LogP contribution in [-0.4, -0.2) is 7.11 Å². The molecule has 0 spiro atoms. The number of hydrogen-bond donors (Lipinski definition) is 0. The second-order valence-electron chi connectivity index (χ2n) is 6.14. The summed E-state index contributed by atoms with van der Waals surface area (Å²) < 4.78 is 5.49. The predicted octanol–water partition coefficient (Wildman–Crippen LogP) is 5.50. The molecule has 0 saturated heterocycles. The van der Waals surface area contributed by atoms with Crippen molar-refractivity contribution in [2.75, 3.05) is 7.11 Å². The number of allylic oxidation sites excluding steroid dienone is 1. The van der Waals surface area contributed by atoms with E-state index in [1.54, 1.807) is 7.11 Å². The standard InChI is InChI=1S/C21H23NO/c1-14(2)20-12-18(16(4)10-21(20)23-5)11-19(13-22)17-8-6-15(3)7-9-17/h6-12,14H,1-5H3/b19-11-. The van der Waals surface area contributed by atoms with Crippen LogP contribution in [0.4, 0.5) is 0 Å².